The van der Waals surface area contributed by atoms with Crippen molar-refractivity contribution in [2.24, 2.45) is 15.4 Å². The number of benzene rings is 2. The van der Waals surface area contributed by atoms with Gasteiger partial charge in [-0.2, -0.15) is 9.78 Å². The van der Waals surface area contributed by atoms with Gasteiger partial charge in [0.15, 0.2) is 0 Å². The maximum atomic E-state index is 12.2. The average molecular weight is 684 g/mol. The summed E-state index contributed by atoms with van der Waals surface area (Å²) < 4.78 is 3.55. The van der Waals surface area contributed by atoms with E-state index in [-0.39, 0.29) is 16.9 Å². The fourth-order valence-electron chi connectivity index (χ4n) is 2.98. The average Bonchev–Trinajstić information content (AvgIpc) is 3.28. The van der Waals surface area contributed by atoms with Gasteiger partial charge in [-0.25, -0.2) is 9.79 Å². The van der Waals surface area contributed by atoms with Gasteiger partial charge in [0.25, 0.3) is 0 Å². The molecule has 1 aromatic heterocycles. The molecular formula is C26H30I2N4O2. The first-order chi connectivity index (χ1) is 15.8. The molecule has 0 spiro atoms. The minimum Gasteiger partial charge on any atom is -0.273 e. The molecule has 8 heteroatoms. The molecule has 34 heavy (non-hydrogen) atoms. The maximum absolute atomic E-state index is 12.2. The first kappa shape index (κ1) is 28.3. The Balaban J connectivity index is 0.000000203. The fraction of sp³-hybridized carbons (Fsp3) is 0.385. The Morgan fingerprint density at radius 2 is 1.65 bits per heavy atom. The van der Waals surface area contributed by atoms with E-state index < -0.39 is 0 Å². The zero-order valence-corrected chi connectivity index (χ0v) is 24.7. The van der Waals surface area contributed by atoms with Crippen LogP contribution in [0.2, 0.25) is 0 Å². The van der Waals surface area contributed by atoms with Crippen LogP contribution in [0.5, 0.6) is 0 Å². The van der Waals surface area contributed by atoms with E-state index in [9.17, 15) is 9.59 Å². The van der Waals surface area contributed by atoms with Crippen molar-refractivity contribution in [1.82, 2.24) is 9.78 Å². The van der Waals surface area contributed by atoms with Gasteiger partial charge in [0.1, 0.15) is 7.42 Å². The lowest BCUT2D eigenvalue weighted by atomic mass is 9.92. The summed E-state index contributed by atoms with van der Waals surface area (Å²) in [7, 11) is 0. The summed E-state index contributed by atoms with van der Waals surface area (Å²) in [5.41, 5.74) is 3.29. The van der Waals surface area contributed by atoms with Crippen molar-refractivity contribution in [3.05, 3.63) is 63.4 Å². The molecule has 2 aromatic carbocycles. The lowest BCUT2D eigenvalue weighted by Gasteiger charge is -2.16. The SMILES string of the molecule is CC(C)(C)CC(=O)n1nc(I)c2ccccc21.CC(C)(C)N=C=O.IC1=NCc2ccccc21. The van der Waals surface area contributed by atoms with Crippen molar-refractivity contribution >= 4 is 71.8 Å². The highest BCUT2D eigenvalue weighted by molar-refractivity contribution is 14.1. The monoisotopic (exact) mass is 684 g/mol. The Kier molecular flexibility index (Phi) is 10.1. The first-order valence-electron chi connectivity index (χ1n) is 10.9. The van der Waals surface area contributed by atoms with E-state index in [1.54, 1.807) is 0 Å². The highest BCUT2D eigenvalue weighted by Crippen LogP contribution is 2.24. The van der Waals surface area contributed by atoms with Crippen molar-refractivity contribution < 1.29 is 9.59 Å². The van der Waals surface area contributed by atoms with Gasteiger partial charge in [-0.15, -0.1) is 0 Å². The summed E-state index contributed by atoms with van der Waals surface area (Å²) in [4.78, 5) is 29.5. The van der Waals surface area contributed by atoms with Gasteiger partial charge >= 0.3 is 0 Å². The highest BCUT2D eigenvalue weighted by Gasteiger charge is 2.20. The van der Waals surface area contributed by atoms with E-state index in [0.29, 0.717) is 6.42 Å². The third-order valence-corrected chi connectivity index (χ3v) is 6.19. The van der Waals surface area contributed by atoms with E-state index >= 15 is 0 Å². The standard InChI is InChI=1S/C13H15IN2O.C8H6IN.C5H9NO/c1-13(2,3)8-11(17)16-10-7-5-4-6-9(10)12(14)15-16;9-8-7-4-2-1-3-6(7)5-10-8;1-5(2,3)6-4-7/h4-7H,8H2,1-3H3;1-4H,5H2;1-3H3. The molecule has 0 atom stereocenters. The number of carbonyl (C=O) groups excluding carboxylic acids is 2. The molecule has 2 heterocycles. The molecule has 1 aliphatic heterocycles. The highest BCUT2D eigenvalue weighted by atomic mass is 127. The van der Waals surface area contributed by atoms with Crippen LogP contribution in [0.1, 0.15) is 63.9 Å². The van der Waals surface area contributed by atoms with Crippen LogP contribution in [0.3, 0.4) is 0 Å². The molecule has 0 fully saturated rings. The van der Waals surface area contributed by atoms with Crippen molar-refractivity contribution in [1.29, 1.82) is 0 Å². The molecule has 3 aromatic rings. The number of hydrogen-bond donors (Lipinski definition) is 0. The number of nitrogens with zero attached hydrogens (tertiary/aromatic N) is 4. The topological polar surface area (TPSA) is 76.7 Å². The quantitative estimate of drug-likeness (QED) is 0.154. The van der Waals surface area contributed by atoms with Gasteiger partial charge < -0.3 is 0 Å². The molecule has 180 valence electrons. The molecule has 0 saturated heterocycles. The molecule has 0 bridgehead atoms. The summed E-state index contributed by atoms with van der Waals surface area (Å²) in [6.45, 7) is 12.6. The molecule has 0 unspecified atom stereocenters. The van der Waals surface area contributed by atoms with Crippen LogP contribution in [0.15, 0.2) is 58.5 Å². The number of hydrogen-bond acceptors (Lipinski definition) is 5. The van der Waals surface area contributed by atoms with E-state index in [1.165, 1.54) is 21.9 Å². The van der Waals surface area contributed by atoms with Gasteiger partial charge in [-0.3, -0.25) is 9.79 Å². The zero-order valence-electron chi connectivity index (χ0n) is 20.4. The third kappa shape index (κ3) is 8.70. The van der Waals surface area contributed by atoms with E-state index in [4.69, 9.17) is 0 Å². The van der Waals surface area contributed by atoms with Gasteiger partial charge in [-0.1, -0.05) is 63.2 Å². The smallest absolute Gasteiger partial charge is 0.247 e. The Morgan fingerprint density at radius 3 is 2.21 bits per heavy atom. The second-order valence-electron chi connectivity index (χ2n) is 9.99. The van der Waals surface area contributed by atoms with Crippen LogP contribution in [0.4, 0.5) is 0 Å². The van der Waals surface area contributed by atoms with Crippen LogP contribution >= 0.6 is 45.2 Å². The minimum atomic E-state index is -0.248. The molecule has 0 N–H and O–H groups in total. The number of para-hydroxylation sites is 1. The van der Waals surface area contributed by atoms with Crippen molar-refractivity contribution in [3.8, 4) is 0 Å². The second-order valence-corrected chi connectivity index (χ2v) is 12.0. The normalized spacial score (nSPS) is 12.4. The number of aliphatic imine (C=N–C) groups is 2. The van der Waals surface area contributed by atoms with E-state index in [2.05, 4.69) is 105 Å². The predicted molar refractivity (Wildman–Crippen MR) is 156 cm³/mol. The van der Waals surface area contributed by atoms with Gasteiger partial charge in [0, 0.05) is 17.4 Å². The zero-order chi connectivity index (χ0) is 25.5. The number of carbonyl (C=O) groups is 1. The molecule has 4 rings (SSSR count). The minimum absolute atomic E-state index is 0.0183. The predicted octanol–water partition coefficient (Wildman–Crippen LogP) is 7.22. The van der Waals surface area contributed by atoms with E-state index in [1.807, 2.05) is 45.0 Å². The fourth-order valence-corrected chi connectivity index (χ4v) is 4.35. The lowest BCUT2D eigenvalue weighted by molar-refractivity contribution is 0.0846. The number of rotatable bonds is 1. The Labute approximate surface area is 228 Å². The summed E-state index contributed by atoms with van der Waals surface area (Å²) in [5.74, 6) is 0.0524. The van der Waals surface area contributed by atoms with Gasteiger partial charge in [-0.05, 0) is 83.0 Å². The van der Waals surface area contributed by atoms with Crippen LogP contribution in [-0.4, -0.2) is 31.0 Å². The van der Waals surface area contributed by atoms with Gasteiger partial charge in [0.05, 0.1) is 17.6 Å². The third-order valence-electron chi connectivity index (χ3n) is 4.47. The summed E-state index contributed by atoms with van der Waals surface area (Å²) in [6, 6.07) is 16.2. The second kappa shape index (κ2) is 12.2. The summed E-state index contributed by atoms with van der Waals surface area (Å²) in [5, 5.41) is 5.37. The first-order valence-corrected chi connectivity index (χ1v) is 13.0. The Hall–Kier alpha value is -1.91. The van der Waals surface area contributed by atoms with Crippen LogP contribution in [0, 0.1) is 9.12 Å². The molecule has 0 amide bonds. The van der Waals surface area contributed by atoms with E-state index in [0.717, 1.165) is 24.9 Å². The molecule has 0 aliphatic carbocycles. The molecule has 0 saturated carbocycles. The van der Waals surface area contributed by atoms with Crippen molar-refractivity contribution in [2.75, 3.05) is 0 Å². The number of fused-ring (bicyclic) bond motifs is 2. The molecule has 0 radical (unpaired) electrons. The lowest BCUT2D eigenvalue weighted by Crippen LogP contribution is -2.19. The van der Waals surface area contributed by atoms with Crippen LogP contribution in [-0.2, 0) is 11.3 Å². The van der Waals surface area contributed by atoms with Crippen molar-refractivity contribution in [2.45, 2.75) is 60.0 Å². The molecule has 1 aliphatic rings. The number of isocyanates is 1. The summed E-state index contributed by atoms with van der Waals surface area (Å²) in [6.07, 6.45) is 1.98. The van der Waals surface area contributed by atoms with Crippen molar-refractivity contribution in [3.63, 3.8) is 0 Å². The van der Waals surface area contributed by atoms with Crippen LogP contribution < -0.4 is 0 Å². The maximum Gasteiger partial charge on any atom is 0.247 e. The van der Waals surface area contributed by atoms with Crippen LogP contribution in [0.25, 0.3) is 10.9 Å². The number of aromatic nitrogens is 2. The molecular weight excluding hydrogens is 654 g/mol. The Morgan fingerprint density at radius 1 is 1.03 bits per heavy atom. The molecule has 6 nitrogen and oxygen atoms in total. The summed E-state index contributed by atoms with van der Waals surface area (Å²) >= 11 is 4.44. The van der Waals surface area contributed by atoms with Gasteiger partial charge in [0.2, 0.25) is 12.0 Å². The number of halogens is 2. The Bertz CT molecular complexity index is 1230. The largest absolute Gasteiger partial charge is 0.273 e.